The summed E-state index contributed by atoms with van der Waals surface area (Å²) in [5, 5.41) is 0. The molecule has 0 saturated heterocycles. The molecule has 4 heteroatoms. The number of anilines is 2. The van der Waals surface area contributed by atoms with E-state index in [9.17, 15) is 0 Å². The highest BCUT2D eigenvalue weighted by molar-refractivity contribution is 6.80. The fourth-order valence-electron chi connectivity index (χ4n) is 5.54. The van der Waals surface area contributed by atoms with Gasteiger partial charge in [-0.25, -0.2) is 0 Å². The molecule has 0 atom stereocenters. The summed E-state index contributed by atoms with van der Waals surface area (Å²) in [7, 11) is -3.21. The summed E-state index contributed by atoms with van der Waals surface area (Å²) in [6.45, 7) is 26.0. The molecule has 0 N–H and O–H groups in total. The van der Waals surface area contributed by atoms with Gasteiger partial charge in [0.1, 0.15) is 16.5 Å². The molecular formula is C34H52N2Si2. The van der Waals surface area contributed by atoms with Crippen molar-refractivity contribution in [3.05, 3.63) is 94.0 Å². The Bertz CT molecular complexity index is 1050. The van der Waals surface area contributed by atoms with Crippen molar-refractivity contribution in [3.63, 3.8) is 0 Å². The lowest BCUT2D eigenvalue weighted by atomic mass is 10.0. The van der Waals surface area contributed by atoms with Gasteiger partial charge in [-0.3, -0.25) is 0 Å². The average molecular weight is 545 g/mol. The van der Waals surface area contributed by atoms with Crippen LogP contribution < -0.4 is 9.13 Å². The van der Waals surface area contributed by atoms with Gasteiger partial charge in [0.15, 0.2) is 0 Å². The van der Waals surface area contributed by atoms with Crippen LogP contribution in [0.15, 0.2) is 60.7 Å². The predicted molar refractivity (Wildman–Crippen MR) is 176 cm³/mol. The fourth-order valence-corrected chi connectivity index (χ4v) is 8.77. The summed E-state index contributed by atoms with van der Waals surface area (Å²) in [6.07, 6.45) is 4.31. The van der Waals surface area contributed by atoms with E-state index in [-0.39, 0.29) is 0 Å². The van der Waals surface area contributed by atoms with Gasteiger partial charge in [0.2, 0.25) is 0 Å². The molecule has 0 aliphatic rings. The molecule has 0 fully saturated rings. The molecule has 0 aromatic heterocycles. The number of hydrogen-bond donors (Lipinski definition) is 0. The Hall–Kier alpha value is -2.31. The van der Waals surface area contributed by atoms with Crippen molar-refractivity contribution in [1.82, 2.24) is 0 Å². The van der Waals surface area contributed by atoms with Crippen molar-refractivity contribution in [2.24, 2.45) is 0 Å². The first-order valence-corrected chi connectivity index (χ1v) is 21.7. The van der Waals surface area contributed by atoms with Crippen LogP contribution >= 0.6 is 0 Å². The van der Waals surface area contributed by atoms with Gasteiger partial charge in [-0.05, 0) is 59.1 Å². The van der Waals surface area contributed by atoms with E-state index in [0.29, 0.717) is 0 Å². The first-order valence-electron chi connectivity index (χ1n) is 14.8. The second-order valence-corrected chi connectivity index (χ2v) is 22.4. The molecule has 0 bridgehead atoms. The molecule has 0 aliphatic carbocycles. The number of para-hydroxylation sites is 2. The third kappa shape index (κ3) is 7.01. The van der Waals surface area contributed by atoms with E-state index < -0.39 is 16.5 Å². The minimum Gasteiger partial charge on any atom is -0.394 e. The molecule has 206 valence electrons. The number of aryl methyl sites for hydroxylation is 4. The maximum atomic E-state index is 2.76. The molecule has 0 saturated carbocycles. The second-order valence-electron chi connectivity index (χ2n) is 12.6. The van der Waals surface area contributed by atoms with E-state index in [1.54, 1.807) is 0 Å². The molecule has 2 nitrogen and oxygen atoms in total. The molecule has 3 aromatic rings. The van der Waals surface area contributed by atoms with Gasteiger partial charge in [-0.2, -0.15) is 0 Å². The molecule has 0 radical (unpaired) electrons. The van der Waals surface area contributed by atoms with Gasteiger partial charge in [0, 0.05) is 24.5 Å². The summed E-state index contributed by atoms with van der Waals surface area (Å²) in [4.78, 5) is 0. The summed E-state index contributed by atoms with van der Waals surface area (Å²) >= 11 is 0. The molecule has 0 spiro atoms. The predicted octanol–water partition coefficient (Wildman–Crippen LogP) is 9.62. The van der Waals surface area contributed by atoms with Crippen LogP contribution in [0.3, 0.4) is 0 Å². The van der Waals surface area contributed by atoms with Crippen LogP contribution in [0, 0.1) is 0 Å². The van der Waals surface area contributed by atoms with Crippen LogP contribution in [0.5, 0.6) is 0 Å². The molecule has 38 heavy (non-hydrogen) atoms. The fraction of sp³-hybridized carbons (Fsp3) is 0.471. The van der Waals surface area contributed by atoms with Crippen molar-refractivity contribution in [3.8, 4) is 0 Å². The smallest absolute Gasteiger partial charge is 0.147 e. The molecule has 3 aromatic carbocycles. The van der Waals surface area contributed by atoms with Crippen LogP contribution in [-0.4, -0.2) is 16.5 Å². The van der Waals surface area contributed by atoms with Crippen molar-refractivity contribution < 1.29 is 0 Å². The standard InChI is InChI=1S/C34H52N2Si2/c1-11-29-17-15-18-30(12-2)33(29)35(37(5,6)7)25-27-21-23-28(24-22-27)26-36(38(8,9)10)34-31(13-3)19-16-20-32(34)14-4/h15-24H,11-14,25-26H2,1-10H3. The Labute approximate surface area is 236 Å². The highest BCUT2D eigenvalue weighted by Gasteiger charge is 2.29. The lowest BCUT2D eigenvalue weighted by Gasteiger charge is -2.40. The molecule has 0 unspecified atom stereocenters. The summed E-state index contributed by atoms with van der Waals surface area (Å²) in [5.41, 5.74) is 11.7. The molecule has 0 amide bonds. The maximum Gasteiger partial charge on any atom is 0.147 e. The number of benzene rings is 3. The zero-order valence-corrected chi connectivity index (χ0v) is 27.9. The Kier molecular flexibility index (Phi) is 10.1. The van der Waals surface area contributed by atoms with Crippen LogP contribution in [0.2, 0.25) is 39.3 Å². The van der Waals surface area contributed by atoms with E-state index in [1.165, 1.54) is 44.8 Å². The zero-order valence-electron chi connectivity index (χ0n) is 25.9. The van der Waals surface area contributed by atoms with Crippen LogP contribution in [0.4, 0.5) is 11.4 Å². The normalized spacial score (nSPS) is 12.1. The Balaban J connectivity index is 1.94. The Morgan fingerprint density at radius 3 is 0.921 bits per heavy atom. The van der Waals surface area contributed by atoms with E-state index in [4.69, 9.17) is 0 Å². The first-order chi connectivity index (χ1) is 17.9. The van der Waals surface area contributed by atoms with Crippen LogP contribution in [0.1, 0.15) is 61.1 Å². The minimum atomic E-state index is -1.60. The number of nitrogens with zero attached hydrogens (tertiary/aromatic N) is 2. The third-order valence-electron chi connectivity index (χ3n) is 7.79. The zero-order chi connectivity index (χ0) is 28.1. The van der Waals surface area contributed by atoms with Crippen molar-refractivity contribution in [2.45, 2.75) is 106 Å². The van der Waals surface area contributed by atoms with E-state index in [1.807, 2.05) is 0 Å². The number of hydrogen-bond acceptors (Lipinski definition) is 2. The van der Waals surface area contributed by atoms with E-state index >= 15 is 0 Å². The quantitative estimate of drug-likeness (QED) is 0.209. The molecule has 3 rings (SSSR count). The van der Waals surface area contributed by atoms with E-state index in [2.05, 4.69) is 137 Å². The average Bonchev–Trinajstić information content (AvgIpc) is 2.88. The second kappa shape index (κ2) is 12.7. The van der Waals surface area contributed by atoms with Crippen LogP contribution in [-0.2, 0) is 38.8 Å². The van der Waals surface area contributed by atoms with Gasteiger partial charge in [0.05, 0.1) is 0 Å². The molecule has 0 heterocycles. The first kappa shape index (κ1) is 30.2. The maximum absolute atomic E-state index is 2.76. The van der Waals surface area contributed by atoms with Gasteiger partial charge in [-0.1, -0.05) is 128 Å². The third-order valence-corrected chi connectivity index (χ3v) is 11.8. The lowest BCUT2D eigenvalue weighted by molar-refractivity contribution is 0.943. The van der Waals surface area contributed by atoms with Crippen molar-refractivity contribution in [2.75, 3.05) is 9.13 Å². The Morgan fingerprint density at radius 1 is 0.447 bits per heavy atom. The number of rotatable bonds is 12. The SMILES string of the molecule is CCc1cccc(CC)c1N(Cc1ccc(CN(c2c(CC)cccc2CC)[Si](C)(C)C)cc1)[Si](C)(C)C. The van der Waals surface area contributed by atoms with E-state index in [0.717, 1.165) is 38.8 Å². The Morgan fingerprint density at radius 2 is 0.711 bits per heavy atom. The lowest BCUT2D eigenvalue weighted by Crippen LogP contribution is -2.47. The highest BCUT2D eigenvalue weighted by atomic mass is 28.3. The van der Waals surface area contributed by atoms with Crippen molar-refractivity contribution in [1.29, 1.82) is 0 Å². The summed E-state index contributed by atoms with van der Waals surface area (Å²) in [6, 6.07) is 23.3. The highest BCUT2D eigenvalue weighted by Crippen LogP contribution is 2.34. The van der Waals surface area contributed by atoms with Crippen LogP contribution in [0.25, 0.3) is 0 Å². The molecule has 0 aliphatic heterocycles. The largest absolute Gasteiger partial charge is 0.394 e. The molecular weight excluding hydrogens is 493 g/mol. The minimum absolute atomic E-state index is 0.983. The summed E-state index contributed by atoms with van der Waals surface area (Å²) in [5.74, 6) is 0. The van der Waals surface area contributed by atoms with Gasteiger partial charge >= 0.3 is 0 Å². The summed E-state index contributed by atoms with van der Waals surface area (Å²) < 4.78 is 5.53. The topological polar surface area (TPSA) is 6.48 Å². The van der Waals surface area contributed by atoms with Gasteiger partial charge in [-0.15, -0.1) is 0 Å². The monoisotopic (exact) mass is 544 g/mol. The van der Waals surface area contributed by atoms with Crippen molar-refractivity contribution >= 4 is 27.8 Å². The van der Waals surface area contributed by atoms with Gasteiger partial charge in [0.25, 0.3) is 0 Å². The van der Waals surface area contributed by atoms with Gasteiger partial charge < -0.3 is 9.13 Å².